The molecule has 17 heavy (non-hydrogen) atoms. The molecule has 6 atom stereocenters. The summed E-state index contributed by atoms with van der Waals surface area (Å²) in [5.41, 5.74) is 11.5. The molecule has 6 unspecified atom stereocenters. The predicted molar refractivity (Wildman–Crippen MR) is 74.5 cm³/mol. The highest BCUT2D eigenvalue weighted by Gasteiger charge is 2.31. The fourth-order valence-corrected chi connectivity index (χ4v) is 2.34. The monoisotopic (exact) mass is 244 g/mol. The lowest BCUT2D eigenvalue weighted by Crippen LogP contribution is -2.45. The van der Waals surface area contributed by atoms with Gasteiger partial charge in [0.2, 0.25) is 0 Å². The summed E-state index contributed by atoms with van der Waals surface area (Å²) in [6.07, 6.45) is -0.371. The molecule has 0 fully saturated rings. The molecule has 0 aliphatic rings. The van der Waals surface area contributed by atoms with Gasteiger partial charge < -0.3 is 16.6 Å². The second kappa shape index (κ2) is 7.34. The average Bonchev–Trinajstić information content (AvgIpc) is 2.32. The second-order valence-electron chi connectivity index (χ2n) is 6.07. The summed E-state index contributed by atoms with van der Waals surface area (Å²) in [5, 5.41) is 10.4. The van der Waals surface area contributed by atoms with E-state index in [2.05, 4.69) is 34.6 Å². The van der Waals surface area contributed by atoms with Crippen LogP contribution in [0.1, 0.15) is 41.5 Å². The molecule has 3 heteroatoms. The molecule has 0 aromatic rings. The topological polar surface area (TPSA) is 72.3 Å². The molecule has 104 valence electrons. The molecular weight excluding hydrogens is 212 g/mol. The maximum absolute atomic E-state index is 10.4. The summed E-state index contributed by atoms with van der Waals surface area (Å²) in [6.45, 7) is 13.5. The molecule has 3 nitrogen and oxygen atoms in total. The van der Waals surface area contributed by atoms with Gasteiger partial charge in [0.15, 0.2) is 0 Å². The Balaban J connectivity index is 4.53. The highest BCUT2D eigenvalue weighted by Crippen LogP contribution is 2.31. The van der Waals surface area contributed by atoms with E-state index < -0.39 is 0 Å². The van der Waals surface area contributed by atoms with Gasteiger partial charge in [0, 0.05) is 12.6 Å². The van der Waals surface area contributed by atoms with Gasteiger partial charge in [-0.3, -0.25) is 0 Å². The van der Waals surface area contributed by atoms with Crippen molar-refractivity contribution >= 4 is 0 Å². The molecule has 0 radical (unpaired) electrons. The SMILES string of the molecule is CC(C)C(C)C(C)C(C)C(O)C(C)C(N)CN. The summed E-state index contributed by atoms with van der Waals surface area (Å²) in [6, 6.07) is -0.117. The Hall–Kier alpha value is -0.120. The largest absolute Gasteiger partial charge is 0.393 e. The van der Waals surface area contributed by atoms with Crippen LogP contribution in [0.5, 0.6) is 0 Å². The first-order valence-corrected chi connectivity index (χ1v) is 6.87. The Kier molecular flexibility index (Phi) is 7.29. The Labute approximate surface area is 107 Å². The van der Waals surface area contributed by atoms with E-state index in [1.54, 1.807) is 0 Å². The third-order valence-corrected chi connectivity index (χ3v) is 4.74. The number of aliphatic hydroxyl groups excluding tert-OH is 1. The maximum atomic E-state index is 10.4. The molecule has 0 bridgehead atoms. The zero-order chi connectivity index (χ0) is 13.7. The van der Waals surface area contributed by atoms with Gasteiger partial charge in [0.05, 0.1) is 6.10 Å². The van der Waals surface area contributed by atoms with Gasteiger partial charge in [-0.05, 0) is 29.6 Å². The van der Waals surface area contributed by atoms with E-state index >= 15 is 0 Å². The van der Waals surface area contributed by atoms with Crippen molar-refractivity contribution in [3.8, 4) is 0 Å². The van der Waals surface area contributed by atoms with Crippen molar-refractivity contribution < 1.29 is 5.11 Å². The molecule has 0 spiro atoms. The highest BCUT2D eigenvalue weighted by molar-refractivity contribution is 4.83. The van der Waals surface area contributed by atoms with Gasteiger partial charge in [-0.15, -0.1) is 0 Å². The quantitative estimate of drug-likeness (QED) is 0.640. The molecule has 0 saturated carbocycles. The predicted octanol–water partition coefficient (Wildman–Crippen LogP) is 1.83. The second-order valence-corrected chi connectivity index (χ2v) is 6.07. The van der Waals surface area contributed by atoms with Gasteiger partial charge in [0.25, 0.3) is 0 Å². The molecule has 0 aliphatic heterocycles. The van der Waals surface area contributed by atoms with Gasteiger partial charge in [-0.1, -0.05) is 41.5 Å². The van der Waals surface area contributed by atoms with Crippen LogP contribution in [-0.4, -0.2) is 23.8 Å². The Morgan fingerprint density at radius 1 is 0.824 bits per heavy atom. The van der Waals surface area contributed by atoms with E-state index in [1.165, 1.54) is 0 Å². The minimum atomic E-state index is -0.371. The van der Waals surface area contributed by atoms with Crippen LogP contribution in [0.25, 0.3) is 0 Å². The molecular formula is C14H32N2O. The molecule has 0 amide bonds. The van der Waals surface area contributed by atoms with Crippen LogP contribution in [0.2, 0.25) is 0 Å². The summed E-state index contributed by atoms with van der Waals surface area (Å²) < 4.78 is 0. The molecule has 5 N–H and O–H groups in total. The van der Waals surface area contributed by atoms with Crippen LogP contribution in [0.4, 0.5) is 0 Å². The highest BCUT2D eigenvalue weighted by atomic mass is 16.3. The van der Waals surface area contributed by atoms with E-state index in [9.17, 15) is 5.11 Å². The average molecular weight is 244 g/mol. The third-order valence-electron chi connectivity index (χ3n) is 4.74. The standard InChI is InChI=1S/C14H32N2O/c1-8(2)9(3)10(4)11(5)14(17)12(6)13(16)7-15/h8-14,17H,7,15-16H2,1-6H3. The van der Waals surface area contributed by atoms with E-state index in [4.69, 9.17) is 11.5 Å². The Morgan fingerprint density at radius 3 is 1.65 bits per heavy atom. The van der Waals surface area contributed by atoms with Crippen molar-refractivity contribution in [1.82, 2.24) is 0 Å². The van der Waals surface area contributed by atoms with Crippen LogP contribution >= 0.6 is 0 Å². The number of rotatable bonds is 7. The first kappa shape index (κ1) is 16.9. The van der Waals surface area contributed by atoms with Crippen LogP contribution in [0.3, 0.4) is 0 Å². The number of aliphatic hydroxyl groups is 1. The number of nitrogens with two attached hydrogens (primary N) is 2. The zero-order valence-corrected chi connectivity index (χ0v) is 12.4. The van der Waals surface area contributed by atoms with Crippen molar-refractivity contribution in [2.75, 3.05) is 6.54 Å². The van der Waals surface area contributed by atoms with Crippen molar-refractivity contribution in [2.24, 2.45) is 41.1 Å². The van der Waals surface area contributed by atoms with E-state index in [0.717, 1.165) is 0 Å². The minimum Gasteiger partial charge on any atom is -0.393 e. The Morgan fingerprint density at radius 2 is 1.29 bits per heavy atom. The van der Waals surface area contributed by atoms with Gasteiger partial charge >= 0.3 is 0 Å². The van der Waals surface area contributed by atoms with Crippen LogP contribution in [0, 0.1) is 29.6 Å². The zero-order valence-electron chi connectivity index (χ0n) is 12.4. The fraction of sp³-hybridized carbons (Fsp3) is 1.00. The van der Waals surface area contributed by atoms with E-state index in [-0.39, 0.29) is 24.0 Å². The molecule has 0 heterocycles. The van der Waals surface area contributed by atoms with Gasteiger partial charge in [-0.2, -0.15) is 0 Å². The third kappa shape index (κ3) is 4.57. The van der Waals surface area contributed by atoms with Crippen molar-refractivity contribution in [1.29, 1.82) is 0 Å². The Bertz CT molecular complexity index is 208. The molecule has 0 aromatic heterocycles. The van der Waals surface area contributed by atoms with E-state index in [0.29, 0.717) is 24.3 Å². The fourth-order valence-electron chi connectivity index (χ4n) is 2.34. The van der Waals surface area contributed by atoms with Crippen LogP contribution < -0.4 is 11.5 Å². The van der Waals surface area contributed by atoms with Crippen LogP contribution in [-0.2, 0) is 0 Å². The van der Waals surface area contributed by atoms with Crippen LogP contribution in [0.15, 0.2) is 0 Å². The van der Waals surface area contributed by atoms with Crippen molar-refractivity contribution in [2.45, 2.75) is 53.7 Å². The van der Waals surface area contributed by atoms with Crippen molar-refractivity contribution in [3.63, 3.8) is 0 Å². The minimum absolute atomic E-state index is 0.0526. The summed E-state index contributed by atoms with van der Waals surface area (Å²) in [7, 11) is 0. The summed E-state index contributed by atoms with van der Waals surface area (Å²) in [5.74, 6) is 2.02. The van der Waals surface area contributed by atoms with Gasteiger partial charge in [-0.25, -0.2) is 0 Å². The number of hydrogen-bond acceptors (Lipinski definition) is 3. The molecule has 0 aromatic carbocycles. The van der Waals surface area contributed by atoms with E-state index in [1.807, 2.05) is 6.92 Å². The summed E-state index contributed by atoms with van der Waals surface area (Å²) >= 11 is 0. The molecule has 0 rings (SSSR count). The lowest BCUT2D eigenvalue weighted by atomic mass is 9.74. The normalized spacial score (nSPS) is 22.9. The lowest BCUT2D eigenvalue weighted by Gasteiger charge is -2.35. The van der Waals surface area contributed by atoms with Crippen molar-refractivity contribution in [3.05, 3.63) is 0 Å². The first-order chi connectivity index (χ1) is 7.73. The summed E-state index contributed by atoms with van der Waals surface area (Å²) in [4.78, 5) is 0. The molecule has 0 saturated heterocycles. The van der Waals surface area contributed by atoms with Gasteiger partial charge in [0.1, 0.15) is 0 Å². The smallest absolute Gasteiger partial charge is 0.0609 e. The number of hydrogen-bond donors (Lipinski definition) is 3. The first-order valence-electron chi connectivity index (χ1n) is 6.87. The molecule has 0 aliphatic carbocycles. The lowest BCUT2D eigenvalue weighted by molar-refractivity contribution is 0.0157. The maximum Gasteiger partial charge on any atom is 0.0609 e.